The Bertz CT molecular complexity index is 179. The highest BCUT2D eigenvalue weighted by Gasteiger charge is 2.30. The molecule has 2 rings (SSSR count). The molecule has 0 aromatic rings. The molecule has 0 aromatic carbocycles. The largest absolute Gasteiger partial charge is 0.315 e. The molecule has 0 aliphatic carbocycles. The van der Waals surface area contributed by atoms with Crippen LogP contribution in [0.4, 0.5) is 0 Å². The van der Waals surface area contributed by atoms with Gasteiger partial charge in [-0.15, -0.1) is 6.58 Å². The summed E-state index contributed by atoms with van der Waals surface area (Å²) < 4.78 is 0. The summed E-state index contributed by atoms with van der Waals surface area (Å²) in [6.45, 7) is 12.2. The molecule has 2 heterocycles. The summed E-state index contributed by atoms with van der Waals surface area (Å²) >= 11 is 0. The summed E-state index contributed by atoms with van der Waals surface area (Å²) in [7, 11) is 0. The van der Waals surface area contributed by atoms with Crippen LogP contribution in [0.3, 0.4) is 0 Å². The Morgan fingerprint density at radius 2 is 2.14 bits per heavy atom. The molecule has 0 aromatic heterocycles. The standard InChI is InChI=1S/C11H21N3/c1-2-6-13-9-11(10-13)14-7-3-4-12-5-8-14/h2,11-12H,1,3-10H2. The van der Waals surface area contributed by atoms with E-state index in [4.69, 9.17) is 0 Å². The zero-order chi connectivity index (χ0) is 9.80. The molecule has 0 bridgehead atoms. The summed E-state index contributed by atoms with van der Waals surface area (Å²) in [4.78, 5) is 5.09. The quantitative estimate of drug-likeness (QED) is 0.647. The van der Waals surface area contributed by atoms with Crippen molar-refractivity contribution in [3.05, 3.63) is 12.7 Å². The summed E-state index contributed by atoms with van der Waals surface area (Å²) in [6, 6.07) is 0.815. The highest BCUT2D eigenvalue weighted by Crippen LogP contribution is 2.15. The van der Waals surface area contributed by atoms with Crippen LogP contribution in [0, 0.1) is 0 Å². The summed E-state index contributed by atoms with van der Waals surface area (Å²) in [6.07, 6.45) is 3.30. The lowest BCUT2D eigenvalue weighted by molar-refractivity contribution is 0.0463. The molecule has 14 heavy (non-hydrogen) atoms. The number of nitrogens with one attached hydrogen (secondary N) is 1. The Kier molecular flexibility index (Phi) is 3.56. The van der Waals surface area contributed by atoms with Crippen LogP contribution in [0.2, 0.25) is 0 Å². The van der Waals surface area contributed by atoms with Gasteiger partial charge in [-0.2, -0.15) is 0 Å². The molecule has 2 fully saturated rings. The first-order valence-electron chi connectivity index (χ1n) is 5.68. The van der Waals surface area contributed by atoms with Crippen LogP contribution in [0.1, 0.15) is 6.42 Å². The minimum absolute atomic E-state index is 0.815. The van der Waals surface area contributed by atoms with Gasteiger partial charge in [0.25, 0.3) is 0 Å². The summed E-state index contributed by atoms with van der Waals surface area (Å²) in [5, 5.41) is 3.45. The maximum atomic E-state index is 3.77. The molecule has 1 N–H and O–H groups in total. The Morgan fingerprint density at radius 1 is 1.29 bits per heavy atom. The lowest BCUT2D eigenvalue weighted by Gasteiger charge is -2.44. The average Bonchev–Trinajstić information content (AvgIpc) is 2.38. The Balaban J connectivity index is 1.71. The van der Waals surface area contributed by atoms with E-state index < -0.39 is 0 Å². The Labute approximate surface area is 86.8 Å². The normalized spacial score (nSPS) is 26.9. The second kappa shape index (κ2) is 4.91. The van der Waals surface area contributed by atoms with E-state index in [1.807, 2.05) is 6.08 Å². The van der Waals surface area contributed by atoms with E-state index >= 15 is 0 Å². The van der Waals surface area contributed by atoms with Gasteiger partial charge < -0.3 is 5.32 Å². The highest BCUT2D eigenvalue weighted by molar-refractivity contribution is 4.91. The SMILES string of the molecule is C=CCN1CC(N2CCCNCC2)C1. The van der Waals surface area contributed by atoms with Crippen LogP contribution in [0.15, 0.2) is 12.7 Å². The third kappa shape index (κ3) is 2.35. The average molecular weight is 195 g/mol. The molecule has 2 aliphatic rings. The Morgan fingerprint density at radius 3 is 2.93 bits per heavy atom. The van der Waals surface area contributed by atoms with Crippen LogP contribution in [-0.2, 0) is 0 Å². The maximum absolute atomic E-state index is 3.77. The van der Waals surface area contributed by atoms with Gasteiger partial charge in [0.15, 0.2) is 0 Å². The van der Waals surface area contributed by atoms with E-state index in [1.54, 1.807) is 0 Å². The van der Waals surface area contributed by atoms with Gasteiger partial charge in [-0.3, -0.25) is 9.80 Å². The molecule has 0 spiro atoms. The van der Waals surface area contributed by atoms with Crippen LogP contribution in [-0.4, -0.2) is 61.7 Å². The number of nitrogens with zero attached hydrogens (tertiary/aromatic N) is 2. The topological polar surface area (TPSA) is 18.5 Å². The second-order valence-corrected chi connectivity index (χ2v) is 4.30. The van der Waals surface area contributed by atoms with E-state index in [2.05, 4.69) is 21.7 Å². The number of likely N-dealkylation sites (tertiary alicyclic amines) is 1. The minimum Gasteiger partial charge on any atom is -0.315 e. The molecule has 0 amide bonds. The van der Waals surface area contributed by atoms with Gasteiger partial charge in [0.1, 0.15) is 0 Å². The van der Waals surface area contributed by atoms with Crippen molar-refractivity contribution in [3.8, 4) is 0 Å². The smallest absolute Gasteiger partial charge is 0.0351 e. The summed E-state index contributed by atoms with van der Waals surface area (Å²) in [5.41, 5.74) is 0. The number of hydrogen-bond donors (Lipinski definition) is 1. The molecular formula is C11H21N3. The summed E-state index contributed by atoms with van der Waals surface area (Å²) in [5.74, 6) is 0. The van der Waals surface area contributed by atoms with Crippen LogP contribution < -0.4 is 5.32 Å². The second-order valence-electron chi connectivity index (χ2n) is 4.30. The van der Waals surface area contributed by atoms with Gasteiger partial charge in [-0.25, -0.2) is 0 Å². The molecule has 0 saturated carbocycles. The van der Waals surface area contributed by atoms with Crippen LogP contribution in [0.25, 0.3) is 0 Å². The van der Waals surface area contributed by atoms with Gasteiger partial charge in [-0.1, -0.05) is 6.08 Å². The maximum Gasteiger partial charge on any atom is 0.0351 e. The van der Waals surface area contributed by atoms with E-state index in [0.29, 0.717) is 0 Å². The van der Waals surface area contributed by atoms with Crippen molar-refractivity contribution in [1.82, 2.24) is 15.1 Å². The van der Waals surface area contributed by atoms with Gasteiger partial charge in [0.05, 0.1) is 0 Å². The zero-order valence-electron chi connectivity index (χ0n) is 8.91. The fourth-order valence-electron chi connectivity index (χ4n) is 2.34. The van der Waals surface area contributed by atoms with E-state index in [-0.39, 0.29) is 0 Å². The van der Waals surface area contributed by atoms with Crippen LogP contribution >= 0.6 is 0 Å². The number of rotatable bonds is 3. The monoisotopic (exact) mass is 195 g/mol. The molecule has 0 unspecified atom stereocenters. The van der Waals surface area contributed by atoms with Gasteiger partial charge in [0, 0.05) is 38.8 Å². The first-order valence-corrected chi connectivity index (χ1v) is 5.68. The first kappa shape index (κ1) is 10.1. The zero-order valence-corrected chi connectivity index (χ0v) is 8.91. The third-order valence-corrected chi connectivity index (χ3v) is 3.22. The number of hydrogen-bond acceptors (Lipinski definition) is 3. The lowest BCUT2D eigenvalue weighted by Crippen LogP contribution is -2.59. The lowest BCUT2D eigenvalue weighted by atomic mass is 10.1. The predicted molar refractivity (Wildman–Crippen MR) is 59.5 cm³/mol. The molecule has 3 heteroatoms. The van der Waals surface area contributed by atoms with Crippen molar-refractivity contribution in [3.63, 3.8) is 0 Å². The first-order chi connectivity index (χ1) is 6.90. The van der Waals surface area contributed by atoms with E-state index in [1.165, 1.54) is 39.1 Å². The van der Waals surface area contributed by atoms with Gasteiger partial charge >= 0.3 is 0 Å². The van der Waals surface area contributed by atoms with Crippen molar-refractivity contribution < 1.29 is 0 Å². The van der Waals surface area contributed by atoms with E-state index in [9.17, 15) is 0 Å². The molecule has 3 nitrogen and oxygen atoms in total. The molecule has 80 valence electrons. The molecular weight excluding hydrogens is 174 g/mol. The highest BCUT2D eigenvalue weighted by atomic mass is 15.3. The fourth-order valence-corrected chi connectivity index (χ4v) is 2.34. The molecule has 2 saturated heterocycles. The van der Waals surface area contributed by atoms with Gasteiger partial charge in [-0.05, 0) is 19.5 Å². The van der Waals surface area contributed by atoms with Gasteiger partial charge in [0.2, 0.25) is 0 Å². The molecule has 0 atom stereocenters. The van der Waals surface area contributed by atoms with Crippen LogP contribution in [0.5, 0.6) is 0 Å². The van der Waals surface area contributed by atoms with Crippen molar-refractivity contribution in [2.75, 3.05) is 45.8 Å². The minimum atomic E-state index is 0.815. The predicted octanol–water partition coefficient (Wildman–Crippen LogP) is 0.152. The van der Waals surface area contributed by atoms with E-state index in [0.717, 1.165) is 19.1 Å². The molecule has 2 aliphatic heterocycles. The van der Waals surface area contributed by atoms with Crippen molar-refractivity contribution in [2.45, 2.75) is 12.5 Å². The van der Waals surface area contributed by atoms with Crippen molar-refractivity contribution in [2.24, 2.45) is 0 Å². The van der Waals surface area contributed by atoms with Crippen molar-refractivity contribution in [1.29, 1.82) is 0 Å². The third-order valence-electron chi connectivity index (χ3n) is 3.22. The Hall–Kier alpha value is -0.380. The molecule has 0 radical (unpaired) electrons. The fraction of sp³-hybridized carbons (Fsp3) is 0.818. The van der Waals surface area contributed by atoms with Crippen molar-refractivity contribution >= 4 is 0 Å².